The minimum absolute atomic E-state index is 0.170. The maximum Gasteiger partial charge on any atom is 0.289 e. The van der Waals surface area contributed by atoms with Crippen LogP contribution < -0.4 is 4.90 Å². The largest absolute Gasteiger partial charge is 0.459 e. The Kier molecular flexibility index (Phi) is 7.08. The summed E-state index contributed by atoms with van der Waals surface area (Å²) in [7, 11) is 3.60. The third kappa shape index (κ3) is 4.86. The fourth-order valence-electron chi connectivity index (χ4n) is 3.11. The molecule has 0 aliphatic heterocycles. The first-order chi connectivity index (χ1) is 14.2. The quantitative estimate of drug-likeness (QED) is 0.480. The van der Waals surface area contributed by atoms with Gasteiger partial charge in [-0.25, -0.2) is 0 Å². The van der Waals surface area contributed by atoms with Crippen LogP contribution >= 0.6 is 0 Å². The molecule has 7 nitrogen and oxygen atoms in total. The monoisotopic (exact) mass is 397 g/mol. The standard InChI is InChI=1S/C22H27N3O4/c1-4-24(2)22-18(20(23-29-22)17-10-6-5-7-11-17)16-25(13-9-14-27-3)21(26)19-12-8-15-28-19/h5-8,10-12,15H,4,9,13-14,16H2,1-3H3. The molecular formula is C22H27N3O4. The number of ether oxygens (including phenoxy) is 1. The number of furan rings is 1. The highest BCUT2D eigenvalue weighted by Crippen LogP contribution is 2.32. The lowest BCUT2D eigenvalue weighted by molar-refractivity contribution is 0.0692. The molecule has 0 spiro atoms. The zero-order valence-corrected chi connectivity index (χ0v) is 17.1. The fraction of sp³-hybridized carbons (Fsp3) is 0.364. The summed E-state index contributed by atoms with van der Waals surface area (Å²) in [5, 5.41) is 4.32. The van der Waals surface area contributed by atoms with Gasteiger partial charge in [-0.1, -0.05) is 35.5 Å². The molecule has 2 aromatic heterocycles. The Balaban J connectivity index is 1.96. The van der Waals surface area contributed by atoms with E-state index >= 15 is 0 Å². The van der Waals surface area contributed by atoms with E-state index in [4.69, 9.17) is 13.7 Å². The lowest BCUT2D eigenvalue weighted by atomic mass is 10.1. The van der Waals surface area contributed by atoms with Crippen LogP contribution in [-0.4, -0.2) is 49.8 Å². The summed E-state index contributed by atoms with van der Waals surface area (Å²) in [6.45, 7) is 4.25. The van der Waals surface area contributed by atoms with Gasteiger partial charge in [-0.3, -0.25) is 4.79 Å². The van der Waals surface area contributed by atoms with Gasteiger partial charge < -0.3 is 23.5 Å². The highest BCUT2D eigenvalue weighted by Gasteiger charge is 2.26. The van der Waals surface area contributed by atoms with Crippen molar-refractivity contribution in [1.82, 2.24) is 10.1 Å². The molecule has 0 saturated heterocycles. The van der Waals surface area contributed by atoms with Crippen molar-refractivity contribution in [2.24, 2.45) is 0 Å². The predicted octanol–water partition coefficient (Wildman–Crippen LogP) is 4.07. The molecule has 0 atom stereocenters. The summed E-state index contributed by atoms with van der Waals surface area (Å²) < 4.78 is 16.2. The number of anilines is 1. The lowest BCUT2D eigenvalue weighted by Crippen LogP contribution is -2.32. The summed E-state index contributed by atoms with van der Waals surface area (Å²) in [6.07, 6.45) is 2.22. The first-order valence-electron chi connectivity index (χ1n) is 9.72. The number of carbonyl (C=O) groups excluding carboxylic acids is 1. The van der Waals surface area contributed by atoms with Crippen LogP contribution in [0.5, 0.6) is 0 Å². The third-order valence-corrected chi connectivity index (χ3v) is 4.78. The number of benzene rings is 1. The Morgan fingerprint density at radius 3 is 2.62 bits per heavy atom. The molecule has 7 heteroatoms. The summed E-state index contributed by atoms with van der Waals surface area (Å²) in [6, 6.07) is 13.2. The van der Waals surface area contributed by atoms with Crippen molar-refractivity contribution in [3.8, 4) is 11.3 Å². The normalized spacial score (nSPS) is 10.9. The number of carbonyl (C=O) groups is 1. The molecule has 0 bridgehead atoms. The van der Waals surface area contributed by atoms with Crippen LogP contribution in [0.3, 0.4) is 0 Å². The van der Waals surface area contributed by atoms with E-state index in [9.17, 15) is 4.79 Å². The Morgan fingerprint density at radius 1 is 1.17 bits per heavy atom. The van der Waals surface area contributed by atoms with Crippen LogP contribution in [0.2, 0.25) is 0 Å². The fourth-order valence-corrected chi connectivity index (χ4v) is 3.11. The van der Waals surface area contributed by atoms with Crippen LogP contribution in [-0.2, 0) is 11.3 Å². The Morgan fingerprint density at radius 2 is 1.97 bits per heavy atom. The van der Waals surface area contributed by atoms with Gasteiger partial charge in [0.2, 0.25) is 5.88 Å². The first kappa shape index (κ1) is 20.7. The van der Waals surface area contributed by atoms with Crippen LogP contribution in [0.4, 0.5) is 5.88 Å². The van der Waals surface area contributed by atoms with E-state index < -0.39 is 0 Å². The van der Waals surface area contributed by atoms with Gasteiger partial charge >= 0.3 is 0 Å². The molecule has 29 heavy (non-hydrogen) atoms. The third-order valence-electron chi connectivity index (χ3n) is 4.78. The lowest BCUT2D eigenvalue weighted by Gasteiger charge is -2.23. The van der Waals surface area contributed by atoms with E-state index in [0.717, 1.165) is 23.4 Å². The van der Waals surface area contributed by atoms with Crippen molar-refractivity contribution in [3.63, 3.8) is 0 Å². The molecule has 0 aliphatic carbocycles. The molecule has 0 saturated carbocycles. The zero-order valence-electron chi connectivity index (χ0n) is 17.1. The Labute approximate surface area is 170 Å². The zero-order chi connectivity index (χ0) is 20.6. The van der Waals surface area contributed by atoms with Crippen molar-refractivity contribution in [1.29, 1.82) is 0 Å². The van der Waals surface area contributed by atoms with Crippen molar-refractivity contribution in [2.75, 3.05) is 38.8 Å². The van der Waals surface area contributed by atoms with Gasteiger partial charge in [0, 0.05) is 39.4 Å². The molecule has 154 valence electrons. The van der Waals surface area contributed by atoms with Crippen LogP contribution in [0, 0.1) is 0 Å². The number of hydrogen-bond donors (Lipinski definition) is 0. The average Bonchev–Trinajstić information content (AvgIpc) is 3.43. The van der Waals surface area contributed by atoms with Gasteiger partial charge in [-0.05, 0) is 25.5 Å². The SMILES string of the molecule is CCN(C)c1onc(-c2ccccc2)c1CN(CCCOC)C(=O)c1ccco1. The van der Waals surface area contributed by atoms with Crippen molar-refractivity contribution >= 4 is 11.8 Å². The van der Waals surface area contributed by atoms with Gasteiger partial charge in [-0.15, -0.1) is 0 Å². The van der Waals surface area contributed by atoms with Crippen LogP contribution in [0.25, 0.3) is 11.3 Å². The van der Waals surface area contributed by atoms with Gasteiger partial charge in [0.25, 0.3) is 5.91 Å². The Bertz CT molecular complexity index is 890. The maximum atomic E-state index is 13.1. The number of amides is 1. The summed E-state index contributed by atoms with van der Waals surface area (Å²) in [5.74, 6) is 0.803. The molecule has 3 aromatic rings. The van der Waals surface area contributed by atoms with Gasteiger partial charge in [-0.2, -0.15) is 0 Å². The number of hydrogen-bond acceptors (Lipinski definition) is 6. The van der Waals surface area contributed by atoms with E-state index in [-0.39, 0.29) is 5.91 Å². The second-order valence-corrected chi connectivity index (χ2v) is 6.75. The van der Waals surface area contributed by atoms with Gasteiger partial charge in [0.15, 0.2) is 5.76 Å². The number of aromatic nitrogens is 1. The van der Waals surface area contributed by atoms with Crippen LogP contribution in [0.15, 0.2) is 57.7 Å². The van der Waals surface area contributed by atoms with Crippen molar-refractivity contribution < 1.29 is 18.5 Å². The highest BCUT2D eigenvalue weighted by atomic mass is 16.5. The summed E-state index contributed by atoms with van der Waals surface area (Å²) in [4.78, 5) is 16.8. The minimum atomic E-state index is -0.170. The Hall–Kier alpha value is -3.06. The van der Waals surface area contributed by atoms with Crippen molar-refractivity contribution in [2.45, 2.75) is 19.9 Å². The molecule has 1 amide bonds. The minimum Gasteiger partial charge on any atom is -0.459 e. The van der Waals surface area contributed by atoms with E-state index in [1.165, 1.54) is 6.26 Å². The number of methoxy groups -OCH3 is 1. The second kappa shape index (κ2) is 9.93. The first-order valence-corrected chi connectivity index (χ1v) is 9.72. The van der Waals surface area contributed by atoms with Gasteiger partial charge in [0.1, 0.15) is 5.69 Å². The smallest absolute Gasteiger partial charge is 0.289 e. The highest BCUT2D eigenvalue weighted by molar-refractivity contribution is 5.91. The van der Waals surface area contributed by atoms with Crippen molar-refractivity contribution in [3.05, 3.63) is 60.1 Å². The average molecular weight is 397 g/mol. The van der Waals surface area contributed by atoms with Gasteiger partial charge in [0.05, 0.1) is 18.4 Å². The topological polar surface area (TPSA) is 72.0 Å². The molecule has 3 rings (SSSR count). The molecular weight excluding hydrogens is 370 g/mol. The van der Waals surface area contributed by atoms with E-state index in [1.54, 1.807) is 24.1 Å². The van der Waals surface area contributed by atoms with Crippen LogP contribution in [0.1, 0.15) is 29.5 Å². The van der Waals surface area contributed by atoms with E-state index in [0.29, 0.717) is 37.8 Å². The van der Waals surface area contributed by atoms with E-state index in [1.807, 2.05) is 49.2 Å². The number of rotatable bonds is 10. The molecule has 0 N–H and O–H groups in total. The molecule has 0 aliphatic rings. The molecule has 0 fully saturated rings. The molecule has 2 heterocycles. The molecule has 0 radical (unpaired) electrons. The summed E-state index contributed by atoms with van der Waals surface area (Å²) >= 11 is 0. The molecule has 1 aromatic carbocycles. The maximum absolute atomic E-state index is 13.1. The predicted molar refractivity (Wildman–Crippen MR) is 111 cm³/mol. The molecule has 0 unspecified atom stereocenters. The summed E-state index contributed by atoms with van der Waals surface area (Å²) in [5.41, 5.74) is 2.56. The second-order valence-electron chi connectivity index (χ2n) is 6.75. The number of nitrogens with zero attached hydrogens (tertiary/aromatic N) is 3. The van der Waals surface area contributed by atoms with E-state index in [2.05, 4.69) is 5.16 Å².